The van der Waals surface area contributed by atoms with Crippen molar-refractivity contribution in [3.8, 4) is 11.3 Å². The van der Waals surface area contributed by atoms with E-state index in [1.165, 1.54) is 6.07 Å². The van der Waals surface area contributed by atoms with Crippen molar-refractivity contribution in [2.24, 2.45) is 5.92 Å². The molecule has 0 aliphatic rings. The molecule has 0 unspecified atom stereocenters. The van der Waals surface area contributed by atoms with Gasteiger partial charge in [-0.15, -0.1) is 11.3 Å². The van der Waals surface area contributed by atoms with Crippen LogP contribution in [0, 0.1) is 17.6 Å². The maximum Gasteiger partial charge on any atom is 0.329 e. The number of hydrogen-bond donors (Lipinski definition) is 2. The summed E-state index contributed by atoms with van der Waals surface area (Å²) >= 11 is 1.08. The largest absolute Gasteiger partial charge is 0.454 e. The Labute approximate surface area is 199 Å². The molecule has 10 heteroatoms. The minimum Gasteiger partial charge on any atom is -0.454 e. The standard InChI is InChI=1S/C24H23F2N3O4S/c1-14(2)22(28-20(30)10-15-6-4-3-5-7-15)23(32)33-12-21(31)29-24-27-19(13-34-24)16-8-9-17(25)18(26)11-16/h3-9,11,13-14,22H,10,12H2,1-2H3,(H,28,30)(H,27,29,31)/t22-/m0/s1. The van der Waals surface area contributed by atoms with E-state index in [-0.39, 0.29) is 23.4 Å². The summed E-state index contributed by atoms with van der Waals surface area (Å²) < 4.78 is 31.6. The summed E-state index contributed by atoms with van der Waals surface area (Å²) in [5.41, 5.74) is 1.52. The van der Waals surface area contributed by atoms with Crippen LogP contribution in [0.1, 0.15) is 19.4 Å². The van der Waals surface area contributed by atoms with Gasteiger partial charge in [0.1, 0.15) is 6.04 Å². The van der Waals surface area contributed by atoms with Crippen LogP contribution in [0.15, 0.2) is 53.9 Å². The zero-order valence-electron chi connectivity index (χ0n) is 18.5. The molecule has 0 bridgehead atoms. The highest BCUT2D eigenvalue weighted by Gasteiger charge is 2.26. The lowest BCUT2D eigenvalue weighted by molar-refractivity contribution is -0.151. The van der Waals surface area contributed by atoms with Crippen LogP contribution in [-0.4, -0.2) is 35.4 Å². The first-order chi connectivity index (χ1) is 16.2. The van der Waals surface area contributed by atoms with E-state index in [4.69, 9.17) is 4.74 Å². The second-order valence-electron chi connectivity index (χ2n) is 7.77. The number of amides is 2. The SMILES string of the molecule is CC(C)[C@H](NC(=O)Cc1ccccc1)C(=O)OCC(=O)Nc1nc(-c2ccc(F)c(F)c2)cs1. The minimum atomic E-state index is -1.00. The number of anilines is 1. The van der Waals surface area contributed by atoms with Crippen molar-refractivity contribution in [1.29, 1.82) is 0 Å². The molecule has 0 saturated heterocycles. The van der Waals surface area contributed by atoms with Gasteiger partial charge in [0.15, 0.2) is 23.4 Å². The molecule has 1 heterocycles. The monoisotopic (exact) mass is 487 g/mol. The third-order valence-electron chi connectivity index (χ3n) is 4.76. The van der Waals surface area contributed by atoms with Gasteiger partial charge >= 0.3 is 5.97 Å². The molecule has 1 aromatic heterocycles. The molecule has 34 heavy (non-hydrogen) atoms. The molecule has 0 spiro atoms. The molecule has 0 aliphatic heterocycles. The molecule has 0 fully saturated rings. The van der Waals surface area contributed by atoms with E-state index in [1.54, 1.807) is 19.2 Å². The predicted molar refractivity (Wildman–Crippen MR) is 124 cm³/mol. The third-order valence-corrected chi connectivity index (χ3v) is 5.51. The number of carbonyl (C=O) groups excluding carboxylic acids is 3. The van der Waals surface area contributed by atoms with Crippen molar-refractivity contribution < 1.29 is 27.9 Å². The van der Waals surface area contributed by atoms with Crippen molar-refractivity contribution in [3.05, 3.63) is 71.1 Å². The molecule has 2 amide bonds. The summed E-state index contributed by atoms with van der Waals surface area (Å²) in [4.78, 5) is 41.2. The highest BCUT2D eigenvalue weighted by Crippen LogP contribution is 2.26. The summed E-state index contributed by atoms with van der Waals surface area (Å²) in [5.74, 6) is -3.92. The fourth-order valence-corrected chi connectivity index (χ4v) is 3.74. The number of halogens is 2. The van der Waals surface area contributed by atoms with Gasteiger partial charge in [0.05, 0.1) is 12.1 Å². The lowest BCUT2D eigenvalue weighted by atomic mass is 10.0. The average molecular weight is 488 g/mol. The third kappa shape index (κ3) is 6.92. The van der Waals surface area contributed by atoms with Crippen LogP contribution in [0.3, 0.4) is 0 Å². The second-order valence-corrected chi connectivity index (χ2v) is 8.63. The number of nitrogens with one attached hydrogen (secondary N) is 2. The van der Waals surface area contributed by atoms with E-state index < -0.39 is 36.2 Å². The van der Waals surface area contributed by atoms with E-state index in [9.17, 15) is 23.2 Å². The van der Waals surface area contributed by atoms with Gasteiger partial charge in [-0.1, -0.05) is 44.2 Å². The number of esters is 1. The number of hydrogen-bond acceptors (Lipinski definition) is 6. The second kappa shape index (κ2) is 11.5. The molecule has 1 atom stereocenters. The normalized spacial score (nSPS) is 11.7. The molecule has 0 aliphatic carbocycles. The first-order valence-corrected chi connectivity index (χ1v) is 11.3. The molecule has 178 valence electrons. The predicted octanol–water partition coefficient (Wildman–Crippen LogP) is 3.95. The van der Waals surface area contributed by atoms with Gasteiger partial charge in [0, 0.05) is 10.9 Å². The highest BCUT2D eigenvalue weighted by atomic mass is 32.1. The summed E-state index contributed by atoms with van der Waals surface area (Å²) in [6.45, 7) is 2.94. The molecular formula is C24H23F2N3O4S. The number of nitrogens with zero attached hydrogens (tertiary/aromatic N) is 1. The molecule has 3 rings (SSSR count). The van der Waals surface area contributed by atoms with Gasteiger partial charge in [-0.25, -0.2) is 18.6 Å². The fraction of sp³-hybridized carbons (Fsp3) is 0.250. The Bertz CT molecular complexity index is 1170. The summed E-state index contributed by atoms with van der Waals surface area (Å²) in [5, 5.41) is 6.93. The van der Waals surface area contributed by atoms with Crippen molar-refractivity contribution in [1.82, 2.24) is 10.3 Å². The van der Waals surface area contributed by atoms with Crippen LogP contribution in [0.2, 0.25) is 0 Å². The van der Waals surface area contributed by atoms with Gasteiger partial charge in [-0.2, -0.15) is 0 Å². The summed E-state index contributed by atoms with van der Waals surface area (Å²) in [6, 6.07) is 11.6. The Kier molecular flexibility index (Phi) is 8.42. The van der Waals surface area contributed by atoms with Gasteiger partial charge in [-0.3, -0.25) is 14.9 Å². The first kappa shape index (κ1) is 25.0. The van der Waals surface area contributed by atoms with Gasteiger partial charge in [0.25, 0.3) is 5.91 Å². The molecule has 3 aromatic rings. The molecule has 2 N–H and O–H groups in total. The minimum absolute atomic E-state index is 0.113. The van der Waals surface area contributed by atoms with Crippen molar-refractivity contribution >= 4 is 34.3 Å². The Hall–Kier alpha value is -3.66. The lowest BCUT2D eigenvalue weighted by Crippen LogP contribution is -2.46. The van der Waals surface area contributed by atoms with Gasteiger partial charge < -0.3 is 10.1 Å². The van der Waals surface area contributed by atoms with E-state index in [1.807, 2.05) is 30.3 Å². The Morgan fingerprint density at radius 3 is 2.44 bits per heavy atom. The van der Waals surface area contributed by atoms with Crippen molar-refractivity contribution in [2.45, 2.75) is 26.3 Å². The smallest absolute Gasteiger partial charge is 0.329 e. The van der Waals surface area contributed by atoms with Crippen LogP contribution in [0.4, 0.5) is 13.9 Å². The number of ether oxygens (including phenoxy) is 1. The molecule has 0 radical (unpaired) electrons. The molecular weight excluding hydrogens is 464 g/mol. The lowest BCUT2D eigenvalue weighted by Gasteiger charge is -2.20. The summed E-state index contributed by atoms with van der Waals surface area (Å²) in [7, 11) is 0. The van der Waals surface area contributed by atoms with E-state index in [0.29, 0.717) is 11.3 Å². The number of carbonyl (C=O) groups is 3. The van der Waals surface area contributed by atoms with Crippen molar-refractivity contribution in [2.75, 3.05) is 11.9 Å². The topological polar surface area (TPSA) is 97.4 Å². The van der Waals surface area contributed by atoms with Crippen molar-refractivity contribution in [3.63, 3.8) is 0 Å². The Morgan fingerprint density at radius 2 is 1.76 bits per heavy atom. The summed E-state index contributed by atoms with van der Waals surface area (Å²) in [6.07, 6.45) is 0.113. The maximum absolute atomic E-state index is 13.4. The maximum atomic E-state index is 13.4. The number of rotatable bonds is 9. The van der Waals surface area contributed by atoms with Crippen LogP contribution < -0.4 is 10.6 Å². The molecule has 0 saturated carbocycles. The number of benzene rings is 2. The van der Waals surface area contributed by atoms with Crippen LogP contribution >= 0.6 is 11.3 Å². The van der Waals surface area contributed by atoms with Gasteiger partial charge in [-0.05, 0) is 29.7 Å². The first-order valence-electron chi connectivity index (χ1n) is 10.4. The fourth-order valence-electron chi connectivity index (χ4n) is 3.00. The van der Waals surface area contributed by atoms with E-state index in [2.05, 4.69) is 15.6 Å². The number of aromatic nitrogens is 1. The Morgan fingerprint density at radius 1 is 1.03 bits per heavy atom. The van der Waals surface area contributed by atoms with Gasteiger partial charge in [0.2, 0.25) is 5.91 Å². The quantitative estimate of drug-likeness (QED) is 0.446. The van der Waals surface area contributed by atoms with E-state index >= 15 is 0 Å². The average Bonchev–Trinajstić information content (AvgIpc) is 3.26. The van der Waals surface area contributed by atoms with Crippen LogP contribution in [-0.2, 0) is 25.5 Å². The molecule has 7 nitrogen and oxygen atoms in total. The molecule has 2 aromatic carbocycles. The van der Waals surface area contributed by atoms with E-state index in [0.717, 1.165) is 29.0 Å². The zero-order chi connectivity index (χ0) is 24.7. The zero-order valence-corrected chi connectivity index (χ0v) is 19.3. The van der Waals surface area contributed by atoms with Crippen LogP contribution in [0.5, 0.6) is 0 Å². The number of thiazole rings is 1. The highest BCUT2D eigenvalue weighted by molar-refractivity contribution is 7.14. The van der Waals surface area contributed by atoms with Crippen LogP contribution in [0.25, 0.3) is 11.3 Å². The Balaban J connectivity index is 1.51.